The number of nitro groups is 1. The van der Waals surface area contributed by atoms with Crippen LogP contribution in [0.2, 0.25) is 0 Å². The van der Waals surface area contributed by atoms with E-state index in [1.807, 2.05) is 0 Å². The summed E-state index contributed by atoms with van der Waals surface area (Å²) in [5.74, 6) is -0.858. The van der Waals surface area contributed by atoms with Gasteiger partial charge in [0.25, 0.3) is 17.5 Å². The number of hydrogen-bond acceptors (Lipinski definition) is 4. The van der Waals surface area contributed by atoms with Gasteiger partial charge in [0.05, 0.1) is 16.1 Å². The van der Waals surface area contributed by atoms with Gasteiger partial charge in [0.2, 0.25) is 0 Å². The highest BCUT2D eigenvalue weighted by molar-refractivity contribution is 6.23. The van der Waals surface area contributed by atoms with Crippen LogP contribution in [-0.2, 0) is 0 Å². The maximum absolute atomic E-state index is 11.8. The zero-order chi connectivity index (χ0) is 12.6. The van der Waals surface area contributed by atoms with Crippen LogP contribution in [0.5, 0.6) is 0 Å². The Morgan fingerprint density at radius 3 is 2.47 bits per heavy atom. The van der Waals surface area contributed by atoms with E-state index in [0.29, 0.717) is 0 Å². The molecule has 7 heteroatoms. The fourth-order valence-corrected chi connectivity index (χ4v) is 1.85. The van der Waals surface area contributed by atoms with Crippen LogP contribution in [0.25, 0.3) is 0 Å². The number of imide groups is 1. The quantitative estimate of drug-likeness (QED) is 0.354. The second-order valence-electron chi connectivity index (χ2n) is 3.44. The molecule has 2 rings (SSSR count). The van der Waals surface area contributed by atoms with Gasteiger partial charge in [-0.15, -0.1) is 11.6 Å². The fraction of sp³-hybridized carbons (Fsp3) is 0.200. The monoisotopic (exact) mass is 254 g/mol. The van der Waals surface area contributed by atoms with Crippen molar-refractivity contribution >= 4 is 29.1 Å². The van der Waals surface area contributed by atoms with Crippen molar-refractivity contribution in [1.82, 2.24) is 4.90 Å². The molecule has 2 amide bonds. The van der Waals surface area contributed by atoms with E-state index in [1.54, 1.807) is 0 Å². The Balaban J connectivity index is 2.47. The lowest BCUT2D eigenvalue weighted by Gasteiger charge is -2.10. The first-order valence-corrected chi connectivity index (χ1v) is 5.30. The summed E-state index contributed by atoms with van der Waals surface area (Å²) in [6, 6.07) is 3.61. The lowest BCUT2D eigenvalue weighted by atomic mass is 10.1. The van der Waals surface area contributed by atoms with Crippen LogP contribution in [0.3, 0.4) is 0 Å². The number of halogens is 1. The maximum atomic E-state index is 11.8. The summed E-state index contributed by atoms with van der Waals surface area (Å²) >= 11 is 5.48. The van der Waals surface area contributed by atoms with Crippen LogP contribution in [0.15, 0.2) is 18.2 Å². The van der Waals surface area contributed by atoms with Gasteiger partial charge >= 0.3 is 0 Å². The second-order valence-corrected chi connectivity index (χ2v) is 3.82. The normalized spacial score (nSPS) is 14.1. The second kappa shape index (κ2) is 4.14. The van der Waals surface area contributed by atoms with E-state index in [-0.39, 0.29) is 29.2 Å². The minimum Gasteiger partial charge on any atom is -0.273 e. The summed E-state index contributed by atoms with van der Waals surface area (Å²) in [6.45, 7) is 0.0989. The number of nitro benzene ring substituents is 1. The molecule has 0 saturated heterocycles. The lowest BCUT2D eigenvalue weighted by molar-refractivity contribution is -0.384. The van der Waals surface area contributed by atoms with E-state index in [4.69, 9.17) is 11.6 Å². The van der Waals surface area contributed by atoms with Crippen LogP contribution in [0, 0.1) is 10.1 Å². The molecular formula is C10H7ClN2O4. The van der Waals surface area contributed by atoms with E-state index in [2.05, 4.69) is 0 Å². The van der Waals surface area contributed by atoms with Crippen molar-refractivity contribution in [3.05, 3.63) is 39.4 Å². The molecule has 6 nitrogen and oxygen atoms in total. The van der Waals surface area contributed by atoms with E-state index in [0.717, 1.165) is 11.0 Å². The zero-order valence-electron chi connectivity index (χ0n) is 8.55. The van der Waals surface area contributed by atoms with Gasteiger partial charge in [-0.2, -0.15) is 0 Å². The van der Waals surface area contributed by atoms with Crippen molar-refractivity contribution in [1.29, 1.82) is 0 Å². The third-order valence-corrected chi connectivity index (χ3v) is 2.64. The number of hydrogen-bond donors (Lipinski definition) is 0. The van der Waals surface area contributed by atoms with Gasteiger partial charge in [-0.1, -0.05) is 0 Å². The van der Waals surface area contributed by atoms with Gasteiger partial charge in [0, 0.05) is 24.6 Å². The number of fused-ring (bicyclic) bond motifs is 1. The van der Waals surface area contributed by atoms with Gasteiger partial charge < -0.3 is 0 Å². The van der Waals surface area contributed by atoms with Gasteiger partial charge in [-0.05, 0) is 6.07 Å². The van der Waals surface area contributed by atoms with Gasteiger partial charge in [0.15, 0.2) is 0 Å². The molecule has 17 heavy (non-hydrogen) atoms. The molecule has 0 bridgehead atoms. The number of nitrogens with zero attached hydrogens (tertiary/aromatic N) is 2. The standard InChI is InChI=1S/C10H7ClN2O4/c11-3-4-12-9(14)7-2-1-6(13(16)17)5-8(7)10(12)15/h1-2,5H,3-4H2. The Morgan fingerprint density at radius 2 is 1.88 bits per heavy atom. The van der Waals surface area contributed by atoms with E-state index < -0.39 is 16.7 Å². The molecule has 0 N–H and O–H groups in total. The third kappa shape index (κ3) is 1.76. The fourth-order valence-electron chi connectivity index (χ4n) is 1.68. The van der Waals surface area contributed by atoms with Crippen LogP contribution in [0.4, 0.5) is 5.69 Å². The van der Waals surface area contributed by atoms with Crippen molar-refractivity contribution < 1.29 is 14.5 Å². The number of non-ortho nitro benzene ring substituents is 1. The largest absolute Gasteiger partial charge is 0.273 e. The summed E-state index contributed by atoms with van der Waals surface area (Å²) in [5.41, 5.74) is 0.0395. The minimum absolute atomic E-state index is 0.0642. The molecule has 1 aromatic carbocycles. The van der Waals surface area contributed by atoms with Crippen molar-refractivity contribution in [3.8, 4) is 0 Å². The molecule has 0 aromatic heterocycles. The Morgan fingerprint density at radius 1 is 1.24 bits per heavy atom. The summed E-state index contributed by atoms with van der Waals surface area (Å²) in [5, 5.41) is 10.6. The van der Waals surface area contributed by atoms with Crippen molar-refractivity contribution in [3.63, 3.8) is 0 Å². The van der Waals surface area contributed by atoms with Crippen molar-refractivity contribution in [2.45, 2.75) is 0 Å². The van der Waals surface area contributed by atoms with E-state index in [9.17, 15) is 19.7 Å². The molecule has 1 aliphatic rings. The maximum Gasteiger partial charge on any atom is 0.270 e. The van der Waals surface area contributed by atoms with Crippen molar-refractivity contribution in [2.24, 2.45) is 0 Å². The number of rotatable bonds is 3. The smallest absolute Gasteiger partial charge is 0.270 e. The van der Waals surface area contributed by atoms with Crippen LogP contribution in [-0.4, -0.2) is 34.1 Å². The molecule has 0 aliphatic carbocycles. The van der Waals surface area contributed by atoms with Gasteiger partial charge in [-0.25, -0.2) is 0 Å². The number of carbonyl (C=O) groups excluding carboxylic acids is 2. The van der Waals surface area contributed by atoms with Crippen LogP contribution < -0.4 is 0 Å². The van der Waals surface area contributed by atoms with Gasteiger partial charge in [-0.3, -0.25) is 24.6 Å². The number of benzene rings is 1. The Hall–Kier alpha value is -1.95. The van der Waals surface area contributed by atoms with E-state index >= 15 is 0 Å². The molecule has 0 spiro atoms. The first kappa shape index (κ1) is 11.5. The third-order valence-electron chi connectivity index (χ3n) is 2.47. The molecular weight excluding hydrogens is 248 g/mol. The zero-order valence-corrected chi connectivity index (χ0v) is 9.31. The molecule has 0 radical (unpaired) electrons. The first-order chi connectivity index (χ1) is 8.06. The minimum atomic E-state index is -0.609. The molecule has 0 unspecified atom stereocenters. The molecule has 1 aromatic rings. The topological polar surface area (TPSA) is 80.5 Å². The van der Waals surface area contributed by atoms with Crippen molar-refractivity contribution in [2.75, 3.05) is 12.4 Å². The molecule has 1 aliphatic heterocycles. The number of amides is 2. The predicted molar refractivity (Wildman–Crippen MR) is 59.2 cm³/mol. The van der Waals surface area contributed by atoms with Crippen LogP contribution in [0.1, 0.15) is 20.7 Å². The summed E-state index contributed by atoms with van der Waals surface area (Å²) in [7, 11) is 0. The molecule has 88 valence electrons. The lowest BCUT2D eigenvalue weighted by Crippen LogP contribution is -2.31. The SMILES string of the molecule is O=C1c2ccc([N+](=O)[O-])cc2C(=O)N1CCCl. The highest BCUT2D eigenvalue weighted by Gasteiger charge is 2.36. The average molecular weight is 255 g/mol. The van der Waals surface area contributed by atoms with Gasteiger partial charge in [0.1, 0.15) is 0 Å². The predicted octanol–water partition coefficient (Wildman–Crippen LogP) is 1.43. The Labute approximate surface area is 101 Å². The Kier molecular flexibility index (Phi) is 2.81. The average Bonchev–Trinajstić information content (AvgIpc) is 2.54. The first-order valence-electron chi connectivity index (χ1n) is 4.77. The van der Waals surface area contributed by atoms with Crippen LogP contribution >= 0.6 is 11.6 Å². The molecule has 0 fully saturated rings. The number of alkyl halides is 1. The highest BCUT2D eigenvalue weighted by Crippen LogP contribution is 2.26. The summed E-state index contributed by atoms with van der Waals surface area (Å²) < 4.78 is 0. The molecule has 0 atom stereocenters. The molecule has 1 heterocycles. The Bertz CT molecular complexity index is 529. The number of carbonyl (C=O) groups is 2. The molecule has 0 saturated carbocycles. The summed E-state index contributed by atoms with van der Waals surface area (Å²) in [4.78, 5) is 34.5. The summed E-state index contributed by atoms with van der Waals surface area (Å²) in [6.07, 6.45) is 0. The van der Waals surface area contributed by atoms with E-state index in [1.165, 1.54) is 12.1 Å². The highest BCUT2D eigenvalue weighted by atomic mass is 35.5.